The maximum atomic E-state index is 5.61. The van der Waals surface area contributed by atoms with Gasteiger partial charge in [-0.05, 0) is 136 Å². The Morgan fingerprint density at radius 3 is 1.19 bits per heavy atom. The average Bonchev–Trinajstić information content (AvgIpc) is 3.36. The Morgan fingerprint density at radius 2 is 0.753 bits per heavy atom. The van der Waals surface area contributed by atoms with Crippen LogP contribution in [0.5, 0.6) is 0 Å². The Labute approximate surface area is 432 Å². The molecular weight excluding hydrogens is 884 g/mol. The van der Waals surface area contributed by atoms with E-state index in [4.69, 9.17) is 9.97 Å². The summed E-state index contributed by atoms with van der Waals surface area (Å²) in [6.07, 6.45) is 0. The summed E-state index contributed by atoms with van der Waals surface area (Å²) in [5, 5.41) is 5.92. The summed E-state index contributed by atoms with van der Waals surface area (Å²) < 4.78 is 0. The normalized spacial score (nSPS) is 13.7. The molecule has 0 spiro atoms. The lowest BCUT2D eigenvalue weighted by Gasteiger charge is -2.45. The van der Waals surface area contributed by atoms with Crippen LogP contribution in [0.25, 0.3) is 55.1 Å². The van der Waals surface area contributed by atoms with Gasteiger partial charge < -0.3 is 9.80 Å². The fourth-order valence-electron chi connectivity index (χ4n) is 11.3. The smallest absolute Gasteiger partial charge is 0.252 e. The molecule has 0 N–H and O–H groups in total. The number of hydrogen-bond acceptors (Lipinski definition) is 4. The molecule has 0 fully saturated rings. The van der Waals surface area contributed by atoms with Gasteiger partial charge in [-0.25, -0.2) is 9.97 Å². The number of anilines is 6. The maximum Gasteiger partial charge on any atom is 0.252 e. The highest BCUT2D eigenvalue weighted by Gasteiger charge is 2.45. The van der Waals surface area contributed by atoms with Crippen molar-refractivity contribution >= 4 is 89.7 Å². The molecule has 4 nitrogen and oxygen atoms in total. The van der Waals surface area contributed by atoms with Gasteiger partial charge in [0.25, 0.3) is 6.71 Å². The van der Waals surface area contributed by atoms with Crippen molar-refractivity contribution in [1.82, 2.24) is 9.97 Å². The van der Waals surface area contributed by atoms with Crippen molar-refractivity contribution in [2.45, 2.75) is 105 Å². The summed E-state index contributed by atoms with van der Waals surface area (Å²) in [6, 6.07) is 66.4. The highest BCUT2D eigenvalue weighted by atomic mass is 15.2. The topological polar surface area (TPSA) is 32.3 Å². The first kappa shape index (κ1) is 46.6. The molecular formula is C68H65BN4. The quantitative estimate of drug-likeness (QED) is 0.165. The van der Waals surface area contributed by atoms with Crippen molar-refractivity contribution in [3.8, 4) is 22.6 Å². The molecule has 360 valence electrons. The third-order valence-corrected chi connectivity index (χ3v) is 15.5. The van der Waals surface area contributed by atoms with E-state index in [1.165, 1.54) is 71.6 Å². The summed E-state index contributed by atoms with van der Waals surface area (Å²) in [4.78, 5) is 16.1. The summed E-state index contributed by atoms with van der Waals surface area (Å²) in [6.45, 7) is 28.0. The summed E-state index contributed by atoms with van der Waals surface area (Å²) >= 11 is 0. The van der Waals surface area contributed by atoms with Crippen molar-refractivity contribution < 1.29 is 0 Å². The Hall–Kier alpha value is -7.50. The third kappa shape index (κ3) is 8.00. The van der Waals surface area contributed by atoms with Gasteiger partial charge in [-0.15, -0.1) is 0 Å². The minimum absolute atomic E-state index is 0.0893. The van der Waals surface area contributed by atoms with Crippen LogP contribution in [-0.4, -0.2) is 16.7 Å². The molecule has 0 bridgehead atoms. The highest BCUT2D eigenvalue weighted by molar-refractivity contribution is 7.00. The molecule has 0 atom stereocenters. The van der Waals surface area contributed by atoms with Crippen LogP contribution in [-0.2, 0) is 21.7 Å². The van der Waals surface area contributed by atoms with Crippen LogP contribution in [0.2, 0.25) is 0 Å². The summed E-state index contributed by atoms with van der Waals surface area (Å²) in [7, 11) is 0. The molecule has 9 aromatic carbocycles. The van der Waals surface area contributed by atoms with E-state index in [1.54, 1.807) is 0 Å². The fourth-order valence-corrected chi connectivity index (χ4v) is 11.3. The summed E-state index contributed by atoms with van der Waals surface area (Å²) in [5.74, 6) is 0.710. The molecule has 0 amide bonds. The fraction of sp³-hybridized carbons (Fsp3) is 0.235. The van der Waals surface area contributed by atoms with E-state index < -0.39 is 0 Å². The molecule has 0 aliphatic carbocycles. The number of benzene rings is 9. The second-order valence-corrected chi connectivity index (χ2v) is 24.9. The van der Waals surface area contributed by atoms with E-state index in [0.29, 0.717) is 5.82 Å². The van der Waals surface area contributed by atoms with Gasteiger partial charge in [0, 0.05) is 50.6 Å². The van der Waals surface area contributed by atoms with Crippen molar-refractivity contribution in [2.75, 3.05) is 9.80 Å². The van der Waals surface area contributed by atoms with Crippen molar-refractivity contribution in [2.24, 2.45) is 0 Å². The van der Waals surface area contributed by atoms with E-state index in [1.807, 2.05) is 0 Å². The van der Waals surface area contributed by atoms with E-state index in [-0.39, 0.29) is 28.4 Å². The van der Waals surface area contributed by atoms with E-state index in [9.17, 15) is 0 Å². The van der Waals surface area contributed by atoms with E-state index in [0.717, 1.165) is 50.5 Å². The second kappa shape index (κ2) is 16.5. The zero-order valence-corrected chi connectivity index (χ0v) is 44.6. The molecule has 0 saturated heterocycles. The zero-order chi connectivity index (χ0) is 50.9. The molecule has 73 heavy (non-hydrogen) atoms. The Bertz CT molecular complexity index is 3610. The van der Waals surface area contributed by atoms with Gasteiger partial charge in [0.15, 0.2) is 5.82 Å². The number of aromatic nitrogens is 2. The minimum atomic E-state index is -0.102. The van der Waals surface area contributed by atoms with E-state index in [2.05, 4.69) is 269 Å². The molecule has 10 aromatic rings. The minimum Gasteiger partial charge on any atom is -0.311 e. The van der Waals surface area contributed by atoms with Gasteiger partial charge in [-0.1, -0.05) is 204 Å². The van der Waals surface area contributed by atoms with Crippen molar-refractivity contribution in [3.63, 3.8) is 0 Å². The summed E-state index contributed by atoms with van der Waals surface area (Å²) in [5.41, 5.74) is 19.6. The van der Waals surface area contributed by atoms with Gasteiger partial charge in [0.05, 0.1) is 11.2 Å². The number of rotatable bonds is 4. The number of para-hydroxylation sites is 1. The van der Waals surface area contributed by atoms with Crippen LogP contribution in [0.3, 0.4) is 0 Å². The van der Waals surface area contributed by atoms with Gasteiger partial charge in [0.2, 0.25) is 0 Å². The Balaban J connectivity index is 1.28. The van der Waals surface area contributed by atoms with Crippen LogP contribution >= 0.6 is 0 Å². The molecule has 1 aromatic heterocycles. The highest BCUT2D eigenvalue weighted by Crippen LogP contribution is 2.50. The first-order chi connectivity index (χ1) is 34.7. The van der Waals surface area contributed by atoms with Crippen molar-refractivity contribution in [1.29, 1.82) is 0 Å². The van der Waals surface area contributed by atoms with Crippen LogP contribution in [0.4, 0.5) is 34.1 Å². The average molecular weight is 949 g/mol. The lowest BCUT2D eigenvalue weighted by atomic mass is 9.33. The first-order valence-electron chi connectivity index (χ1n) is 26.2. The Kier molecular flexibility index (Phi) is 10.5. The number of nitrogens with zero attached hydrogens (tertiary/aromatic N) is 4. The largest absolute Gasteiger partial charge is 0.311 e. The third-order valence-electron chi connectivity index (χ3n) is 15.5. The standard InChI is InChI=1S/C68H65BN4/c1-65(2,3)48-36-49(66(4,5)6)39-52(38-48)72-58-32-45-26-18-16-24-43(45)30-55(58)69-56-31-44-25-17-19-27-46(44)33-59(56)73(53-40-50(67(7,8)9)37-51(41-53)68(10,11)12)61-35-47(34-60(72)62(61)69)63-54-28-20-21-29-57(54)70-64(71-63)42-22-14-13-15-23-42/h13-41H,1-12H3. The molecule has 2 aliphatic heterocycles. The molecule has 12 rings (SSSR count). The predicted molar refractivity (Wildman–Crippen MR) is 314 cm³/mol. The molecule has 5 heteroatoms. The monoisotopic (exact) mass is 949 g/mol. The van der Waals surface area contributed by atoms with Gasteiger partial charge in [-0.2, -0.15) is 0 Å². The van der Waals surface area contributed by atoms with Gasteiger partial charge in [0.1, 0.15) is 0 Å². The van der Waals surface area contributed by atoms with Gasteiger partial charge in [-0.3, -0.25) is 0 Å². The van der Waals surface area contributed by atoms with Crippen LogP contribution < -0.4 is 26.2 Å². The second-order valence-electron chi connectivity index (χ2n) is 24.9. The van der Waals surface area contributed by atoms with Gasteiger partial charge >= 0.3 is 0 Å². The van der Waals surface area contributed by atoms with Crippen molar-refractivity contribution in [3.05, 3.63) is 198 Å². The lowest BCUT2D eigenvalue weighted by Crippen LogP contribution is -2.61. The number of hydrogen-bond donors (Lipinski definition) is 0. The Morgan fingerprint density at radius 1 is 0.356 bits per heavy atom. The first-order valence-corrected chi connectivity index (χ1v) is 26.2. The SMILES string of the molecule is CC(C)(C)c1cc(N2c3cc4ccccc4cc3B3c4cc5ccccc5cc4N(c4cc(C(C)(C)C)cc(C(C)(C)C)c4)c4cc(-c5nc(-c6ccccc6)nc6ccccc56)cc2c43)cc(C(C)(C)C)c1. The van der Waals surface area contributed by atoms with E-state index >= 15 is 0 Å². The van der Waals surface area contributed by atoms with Crippen LogP contribution in [0, 0.1) is 0 Å². The zero-order valence-electron chi connectivity index (χ0n) is 44.6. The lowest BCUT2D eigenvalue weighted by molar-refractivity contribution is 0.568. The number of fused-ring (bicyclic) bond motifs is 7. The molecule has 2 aliphatic rings. The van der Waals surface area contributed by atoms with Crippen LogP contribution in [0.15, 0.2) is 176 Å². The molecule has 0 radical (unpaired) electrons. The molecule has 0 unspecified atom stereocenters. The predicted octanol–water partition coefficient (Wildman–Crippen LogP) is 16.5. The maximum absolute atomic E-state index is 5.61. The molecule has 3 heterocycles. The van der Waals surface area contributed by atoms with Crippen LogP contribution in [0.1, 0.15) is 105 Å². The molecule has 0 saturated carbocycles.